The molecule has 156 valence electrons. The third kappa shape index (κ3) is 8.75. The molecular weight excluding hydrogens is 460 g/mol. The molecule has 6 nitrogen and oxygen atoms in total. The molecule has 0 aliphatic rings. The van der Waals surface area contributed by atoms with Crippen molar-refractivity contribution in [3.63, 3.8) is 0 Å². The molecule has 0 spiro atoms. The fourth-order valence-corrected chi connectivity index (χ4v) is 3.15. The second kappa shape index (κ2) is 10.5. The molecular formula is C21H24BrClN2O4. The lowest BCUT2D eigenvalue weighted by Crippen LogP contribution is -2.32. The van der Waals surface area contributed by atoms with E-state index in [1.54, 1.807) is 45.0 Å². The van der Waals surface area contributed by atoms with Crippen molar-refractivity contribution >= 4 is 45.4 Å². The molecule has 0 atom stereocenters. The number of amides is 2. The molecule has 0 unspecified atom stereocenters. The largest absolute Gasteiger partial charge is 0.449 e. The van der Waals surface area contributed by atoms with Crippen LogP contribution in [0.25, 0.3) is 0 Å². The number of benzene rings is 2. The lowest BCUT2D eigenvalue weighted by molar-refractivity contribution is 0.0523. The Morgan fingerprint density at radius 1 is 1.10 bits per heavy atom. The first kappa shape index (κ1) is 23.0. The fraction of sp³-hybridized carbons (Fsp3) is 0.333. The number of hydrogen-bond acceptors (Lipinski definition) is 4. The normalized spacial score (nSPS) is 10.9. The summed E-state index contributed by atoms with van der Waals surface area (Å²) in [7, 11) is 0. The van der Waals surface area contributed by atoms with Gasteiger partial charge < -0.3 is 14.8 Å². The van der Waals surface area contributed by atoms with Gasteiger partial charge >= 0.3 is 12.2 Å². The number of alkyl carbamates (subject to hydrolysis) is 1. The molecule has 2 rings (SSSR count). The van der Waals surface area contributed by atoms with Crippen LogP contribution in [0.2, 0.25) is 5.02 Å². The second-order valence-electron chi connectivity index (χ2n) is 7.30. The maximum atomic E-state index is 12.0. The minimum Gasteiger partial charge on any atom is -0.449 e. The first-order valence-electron chi connectivity index (χ1n) is 9.06. The molecule has 29 heavy (non-hydrogen) atoms. The van der Waals surface area contributed by atoms with Gasteiger partial charge in [-0.1, -0.05) is 45.7 Å². The van der Waals surface area contributed by atoms with E-state index in [0.29, 0.717) is 17.1 Å². The molecule has 2 aromatic carbocycles. The summed E-state index contributed by atoms with van der Waals surface area (Å²) in [6, 6.07) is 12.7. The molecule has 2 N–H and O–H groups in total. The minimum atomic E-state index is -0.560. The van der Waals surface area contributed by atoms with Gasteiger partial charge in [0.15, 0.2) is 0 Å². The Labute approximate surface area is 184 Å². The van der Waals surface area contributed by atoms with E-state index < -0.39 is 17.8 Å². The Hall–Kier alpha value is -2.25. The Bertz CT molecular complexity index is 868. The van der Waals surface area contributed by atoms with Crippen molar-refractivity contribution < 1.29 is 19.1 Å². The molecule has 0 aromatic heterocycles. The molecule has 0 bridgehead atoms. The van der Waals surface area contributed by atoms with Gasteiger partial charge in [-0.25, -0.2) is 9.59 Å². The topological polar surface area (TPSA) is 76.7 Å². The lowest BCUT2D eigenvalue weighted by atomic mass is 10.2. The number of ether oxygens (including phenoxy) is 2. The van der Waals surface area contributed by atoms with E-state index in [2.05, 4.69) is 26.6 Å². The summed E-state index contributed by atoms with van der Waals surface area (Å²) in [4.78, 5) is 23.7. The average molecular weight is 484 g/mol. The predicted molar refractivity (Wildman–Crippen MR) is 117 cm³/mol. The summed E-state index contributed by atoms with van der Waals surface area (Å²) < 4.78 is 11.3. The quantitative estimate of drug-likeness (QED) is 0.535. The van der Waals surface area contributed by atoms with Crippen molar-refractivity contribution in [2.75, 3.05) is 11.9 Å². The van der Waals surface area contributed by atoms with Crippen molar-refractivity contribution in [2.24, 2.45) is 0 Å². The smallest absolute Gasteiger partial charge is 0.411 e. The summed E-state index contributed by atoms with van der Waals surface area (Å²) in [5.41, 5.74) is 1.73. The highest BCUT2D eigenvalue weighted by Gasteiger charge is 2.15. The third-order valence-corrected chi connectivity index (χ3v) is 4.47. The highest BCUT2D eigenvalue weighted by atomic mass is 79.9. The Morgan fingerprint density at radius 2 is 1.86 bits per heavy atom. The highest BCUT2D eigenvalue weighted by Crippen LogP contribution is 2.21. The summed E-state index contributed by atoms with van der Waals surface area (Å²) in [5, 5.41) is 5.97. The number of carbonyl (C=O) groups excluding carboxylic acids is 2. The van der Waals surface area contributed by atoms with Gasteiger partial charge in [-0.15, -0.1) is 0 Å². The maximum Gasteiger partial charge on any atom is 0.411 e. The molecule has 0 saturated heterocycles. The van der Waals surface area contributed by atoms with E-state index in [9.17, 15) is 9.59 Å². The Kier molecular flexibility index (Phi) is 8.34. The molecule has 0 radical (unpaired) electrons. The summed E-state index contributed by atoms with van der Waals surface area (Å²) in [5.74, 6) is 0. The number of nitrogens with one attached hydrogen (secondary N) is 2. The van der Waals surface area contributed by atoms with E-state index in [-0.39, 0.29) is 13.2 Å². The van der Waals surface area contributed by atoms with Crippen LogP contribution in [-0.4, -0.2) is 24.4 Å². The monoisotopic (exact) mass is 482 g/mol. The molecule has 0 fully saturated rings. The molecule has 2 aromatic rings. The van der Waals surface area contributed by atoms with Gasteiger partial charge in [0, 0.05) is 28.1 Å². The summed E-state index contributed by atoms with van der Waals surface area (Å²) in [6.07, 6.45) is -0.545. The standard InChI is InChI=1S/C21H24BrClN2O4/c1-21(2,3)29-19(26)24-13-14-5-4-6-17(11-14)25-20(27)28-10-9-15-7-8-16(22)12-18(15)23/h4-8,11-12H,9-10,13H2,1-3H3,(H,24,26)(H,25,27). The van der Waals surface area contributed by atoms with Crippen LogP contribution in [0.1, 0.15) is 31.9 Å². The van der Waals surface area contributed by atoms with Gasteiger partial charge in [0.1, 0.15) is 5.60 Å². The van der Waals surface area contributed by atoms with Crippen molar-refractivity contribution in [3.05, 3.63) is 63.1 Å². The highest BCUT2D eigenvalue weighted by molar-refractivity contribution is 9.10. The summed E-state index contributed by atoms with van der Waals surface area (Å²) in [6.45, 7) is 5.88. The van der Waals surface area contributed by atoms with Crippen LogP contribution in [0.15, 0.2) is 46.9 Å². The van der Waals surface area contributed by atoms with E-state index in [1.165, 1.54) is 0 Å². The van der Waals surface area contributed by atoms with Crippen LogP contribution in [0.4, 0.5) is 15.3 Å². The van der Waals surface area contributed by atoms with E-state index in [4.69, 9.17) is 21.1 Å². The van der Waals surface area contributed by atoms with Gasteiger partial charge in [-0.05, 0) is 56.2 Å². The van der Waals surface area contributed by atoms with E-state index in [0.717, 1.165) is 15.6 Å². The SMILES string of the molecule is CC(C)(C)OC(=O)NCc1cccc(NC(=O)OCCc2ccc(Br)cc2Cl)c1. The second-order valence-corrected chi connectivity index (χ2v) is 8.63. The maximum absolute atomic E-state index is 12.0. The molecule has 0 saturated carbocycles. The van der Waals surface area contributed by atoms with Gasteiger partial charge in [-0.2, -0.15) is 0 Å². The number of rotatable bonds is 6. The van der Waals surface area contributed by atoms with Crippen LogP contribution in [0, 0.1) is 0 Å². The first-order chi connectivity index (χ1) is 13.6. The average Bonchev–Trinajstić information content (AvgIpc) is 2.61. The van der Waals surface area contributed by atoms with E-state index >= 15 is 0 Å². The first-order valence-corrected chi connectivity index (χ1v) is 10.2. The van der Waals surface area contributed by atoms with Crippen molar-refractivity contribution in [1.82, 2.24) is 5.32 Å². The lowest BCUT2D eigenvalue weighted by Gasteiger charge is -2.19. The van der Waals surface area contributed by atoms with Crippen LogP contribution in [-0.2, 0) is 22.4 Å². The van der Waals surface area contributed by atoms with Crippen LogP contribution < -0.4 is 10.6 Å². The predicted octanol–water partition coefficient (Wildman–Crippen LogP) is 5.92. The third-order valence-electron chi connectivity index (χ3n) is 3.63. The molecule has 0 aliphatic heterocycles. The Balaban J connectivity index is 1.80. The zero-order chi connectivity index (χ0) is 21.4. The number of anilines is 1. The van der Waals surface area contributed by atoms with Crippen LogP contribution in [0.5, 0.6) is 0 Å². The number of carbonyl (C=O) groups is 2. The Morgan fingerprint density at radius 3 is 2.55 bits per heavy atom. The van der Waals surface area contributed by atoms with Gasteiger partial charge in [0.05, 0.1) is 6.61 Å². The van der Waals surface area contributed by atoms with Crippen molar-refractivity contribution in [2.45, 2.75) is 39.3 Å². The number of hydrogen-bond donors (Lipinski definition) is 2. The van der Waals surface area contributed by atoms with E-state index in [1.807, 2.05) is 18.2 Å². The molecule has 2 amide bonds. The molecule has 8 heteroatoms. The zero-order valence-corrected chi connectivity index (χ0v) is 18.9. The van der Waals surface area contributed by atoms with Gasteiger partial charge in [0.25, 0.3) is 0 Å². The van der Waals surface area contributed by atoms with Crippen LogP contribution in [0.3, 0.4) is 0 Å². The van der Waals surface area contributed by atoms with Gasteiger partial charge in [0.2, 0.25) is 0 Å². The molecule has 0 aliphatic carbocycles. The van der Waals surface area contributed by atoms with Crippen LogP contribution >= 0.6 is 27.5 Å². The zero-order valence-electron chi connectivity index (χ0n) is 16.6. The minimum absolute atomic E-state index is 0.201. The van der Waals surface area contributed by atoms with Crippen molar-refractivity contribution in [3.8, 4) is 0 Å². The number of halogens is 2. The fourth-order valence-electron chi connectivity index (χ4n) is 2.38. The summed E-state index contributed by atoms with van der Waals surface area (Å²) >= 11 is 9.51. The van der Waals surface area contributed by atoms with Crippen molar-refractivity contribution in [1.29, 1.82) is 0 Å². The molecule has 0 heterocycles. The van der Waals surface area contributed by atoms with Gasteiger partial charge in [-0.3, -0.25) is 5.32 Å².